The van der Waals surface area contributed by atoms with Crippen LogP contribution in [0.5, 0.6) is 0 Å². The minimum atomic E-state index is -0.564. The lowest BCUT2D eigenvalue weighted by molar-refractivity contribution is -0.385. The van der Waals surface area contributed by atoms with E-state index in [1.165, 1.54) is 18.2 Å². The number of likely N-dealkylation sites (tertiary alicyclic amines) is 1. The Morgan fingerprint density at radius 1 is 1.18 bits per heavy atom. The highest BCUT2D eigenvalue weighted by atomic mass is 16.6. The van der Waals surface area contributed by atoms with Crippen molar-refractivity contribution in [1.82, 2.24) is 20.0 Å². The predicted molar refractivity (Wildman–Crippen MR) is 122 cm³/mol. The third kappa shape index (κ3) is 4.92. The molecule has 2 heterocycles. The van der Waals surface area contributed by atoms with Crippen LogP contribution in [0.25, 0.3) is 0 Å². The van der Waals surface area contributed by atoms with Gasteiger partial charge in [0.1, 0.15) is 6.04 Å². The molecule has 1 saturated heterocycles. The molecule has 1 aromatic heterocycles. The summed E-state index contributed by atoms with van der Waals surface area (Å²) >= 11 is 0. The minimum Gasteiger partial charge on any atom is -0.350 e. The van der Waals surface area contributed by atoms with Gasteiger partial charge in [-0.3, -0.25) is 24.4 Å². The van der Waals surface area contributed by atoms with Gasteiger partial charge in [-0.1, -0.05) is 24.3 Å². The Kier molecular flexibility index (Phi) is 6.48. The zero-order chi connectivity index (χ0) is 23.4. The molecule has 0 bridgehead atoms. The van der Waals surface area contributed by atoms with E-state index in [1.54, 1.807) is 18.0 Å². The van der Waals surface area contributed by atoms with Crippen LogP contribution in [0.15, 0.2) is 60.9 Å². The second-order valence-electron chi connectivity index (χ2n) is 8.11. The van der Waals surface area contributed by atoms with Crippen molar-refractivity contribution in [2.45, 2.75) is 38.9 Å². The van der Waals surface area contributed by atoms with E-state index in [1.807, 2.05) is 41.2 Å². The molecular weight excluding hydrogens is 422 g/mol. The summed E-state index contributed by atoms with van der Waals surface area (Å²) in [5.41, 5.74) is 2.78. The maximum absolute atomic E-state index is 13.1. The summed E-state index contributed by atoms with van der Waals surface area (Å²) in [5, 5.41) is 18.3. The number of aryl methyl sites for hydroxylation is 1. The van der Waals surface area contributed by atoms with E-state index in [-0.39, 0.29) is 17.5 Å². The first kappa shape index (κ1) is 22.2. The number of nitro benzene ring substituents is 1. The molecule has 1 unspecified atom stereocenters. The molecule has 33 heavy (non-hydrogen) atoms. The van der Waals surface area contributed by atoms with Crippen molar-refractivity contribution in [3.05, 3.63) is 93.3 Å². The molecule has 2 aromatic carbocycles. The highest BCUT2D eigenvalue weighted by Crippen LogP contribution is 2.24. The molecular formula is C24H25N5O4. The Balaban J connectivity index is 1.43. The summed E-state index contributed by atoms with van der Waals surface area (Å²) in [6.07, 6.45) is 4.92. The average molecular weight is 447 g/mol. The summed E-state index contributed by atoms with van der Waals surface area (Å²) in [6.45, 7) is 3.03. The number of benzene rings is 2. The second-order valence-corrected chi connectivity index (χ2v) is 8.11. The molecule has 170 valence electrons. The lowest BCUT2D eigenvalue weighted by Gasteiger charge is -2.24. The van der Waals surface area contributed by atoms with Crippen molar-refractivity contribution in [3.8, 4) is 0 Å². The standard InChI is InChI=1S/C24H25N5O4/c1-17-14-18(9-10-21(17)29(32)33)24(31)28-13-4-8-22(28)23(30)25-15-19-6-2-3-7-20(19)16-27-12-5-11-26-27/h2-3,5-7,9-12,14,22H,4,8,13,15-16H2,1H3,(H,25,30). The molecule has 9 nitrogen and oxygen atoms in total. The Morgan fingerprint density at radius 2 is 1.97 bits per heavy atom. The lowest BCUT2D eigenvalue weighted by Crippen LogP contribution is -2.45. The van der Waals surface area contributed by atoms with Crippen LogP contribution in [0.2, 0.25) is 0 Å². The van der Waals surface area contributed by atoms with Gasteiger partial charge in [0.25, 0.3) is 11.6 Å². The Labute approximate surface area is 191 Å². The summed E-state index contributed by atoms with van der Waals surface area (Å²) in [7, 11) is 0. The van der Waals surface area contributed by atoms with Gasteiger partial charge in [-0.05, 0) is 49.1 Å². The first-order chi connectivity index (χ1) is 15.9. The highest BCUT2D eigenvalue weighted by molar-refractivity contribution is 5.98. The molecule has 3 aromatic rings. The SMILES string of the molecule is Cc1cc(C(=O)N2CCCC2C(=O)NCc2ccccc2Cn2cccn2)ccc1[N+](=O)[O-]. The van der Waals surface area contributed by atoms with Crippen LogP contribution < -0.4 is 5.32 Å². The fourth-order valence-corrected chi connectivity index (χ4v) is 4.19. The van der Waals surface area contributed by atoms with Gasteiger partial charge in [0.2, 0.25) is 5.91 Å². The number of hydrogen-bond acceptors (Lipinski definition) is 5. The van der Waals surface area contributed by atoms with Crippen molar-refractivity contribution < 1.29 is 14.5 Å². The van der Waals surface area contributed by atoms with E-state index in [0.29, 0.717) is 37.2 Å². The number of carbonyl (C=O) groups excluding carboxylic acids is 2. The Hall–Kier alpha value is -4.01. The van der Waals surface area contributed by atoms with Gasteiger partial charge >= 0.3 is 0 Å². The van der Waals surface area contributed by atoms with Crippen LogP contribution in [0.3, 0.4) is 0 Å². The van der Waals surface area contributed by atoms with E-state index < -0.39 is 11.0 Å². The summed E-state index contributed by atoms with van der Waals surface area (Å²) < 4.78 is 1.82. The fraction of sp³-hybridized carbons (Fsp3) is 0.292. The molecule has 2 amide bonds. The van der Waals surface area contributed by atoms with Gasteiger partial charge in [0, 0.05) is 42.7 Å². The Bertz CT molecular complexity index is 1180. The topological polar surface area (TPSA) is 110 Å². The van der Waals surface area contributed by atoms with Crippen LogP contribution in [-0.2, 0) is 17.9 Å². The number of nitro groups is 1. The van der Waals surface area contributed by atoms with Crippen LogP contribution >= 0.6 is 0 Å². The molecule has 1 atom stereocenters. The van der Waals surface area contributed by atoms with Crippen LogP contribution in [0.1, 0.15) is 39.9 Å². The molecule has 1 fully saturated rings. The van der Waals surface area contributed by atoms with Crippen LogP contribution in [0.4, 0.5) is 5.69 Å². The number of rotatable bonds is 7. The zero-order valence-electron chi connectivity index (χ0n) is 18.3. The number of carbonyl (C=O) groups is 2. The van der Waals surface area contributed by atoms with Gasteiger partial charge in [0.05, 0.1) is 11.5 Å². The Morgan fingerprint density at radius 3 is 2.67 bits per heavy atom. The van der Waals surface area contributed by atoms with Gasteiger partial charge in [-0.15, -0.1) is 0 Å². The molecule has 0 radical (unpaired) electrons. The molecule has 0 saturated carbocycles. The molecule has 0 spiro atoms. The first-order valence-corrected chi connectivity index (χ1v) is 10.8. The maximum Gasteiger partial charge on any atom is 0.272 e. The van der Waals surface area contributed by atoms with E-state index in [0.717, 1.165) is 17.5 Å². The molecule has 0 aliphatic carbocycles. The minimum absolute atomic E-state index is 0.0314. The summed E-state index contributed by atoms with van der Waals surface area (Å²) in [6, 6.07) is 13.5. The van der Waals surface area contributed by atoms with E-state index in [2.05, 4.69) is 10.4 Å². The number of amides is 2. The zero-order valence-corrected chi connectivity index (χ0v) is 18.3. The maximum atomic E-state index is 13.1. The van der Waals surface area contributed by atoms with Crippen molar-refractivity contribution >= 4 is 17.5 Å². The normalized spacial score (nSPS) is 15.4. The van der Waals surface area contributed by atoms with Crippen molar-refractivity contribution in [3.63, 3.8) is 0 Å². The molecule has 1 N–H and O–H groups in total. The van der Waals surface area contributed by atoms with Crippen molar-refractivity contribution in [2.75, 3.05) is 6.54 Å². The summed E-state index contributed by atoms with van der Waals surface area (Å²) in [5.74, 6) is -0.488. The highest BCUT2D eigenvalue weighted by Gasteiger charge is 2.34. The quantitative estimate of drug-likeness (QED) is 0.442. The fourth-order valence-electron chi connectivity index (χ4n) is 4.19. The average Bonchev–Trinajstić information content (AvgIpc) is 3.50. The monoisotopic (exact) mass is 447 g/mol. The third-order valence-electron chi connectivity index (χ3n) is 5.92. The summed E-state index contributed by atoms with van der Waals surface area (Å²) in [4.78, 5) is 38.2. The first-order valence-electron chi connectivity index (χ1n) is 10.8. The largest absolute Gasteiger partial charge is 0.350 e. The lowest BCUT2D eigenvalue weighted by atomic mass is 10.1. The van der Waals surface area contributed by atoms with Gasteiger partial charge < -0.3 is 10.2 Å². The molecule has 1 aliphatic rings. The van der Waals surface area contributed by atoms with Crippen molar-refractivity contribution in [1.29, 1.82) is 0 Å². The number of aromatic nitrogens is 2. The number of hydrogen-bond donors (Lipinski definition) is 1. The molecule has 4 rings (SSSR count). The molecule has 1 aliphatic heterocycles. The van der Waals surface area contributed by atoms with Crippen molar-refractivity contribution in [2.24, 2.45) is 0 Å². The number of nitrogens with zero attached hydrogens (tertiary/aromatic N) is 4. The van der Waals surface area contributed by atoms with Gasteiger partial charge in [-0.25, -0.2) is 0 Å². The predicted octanol–water partition coefficient (Wildman–Crippen LogP) is 3.07. The second kappa shape index (κ2) is 9.64. The van der Waals surface area contributed by atoms with Crippen LogP contribution in [-0.4, -0.2) is 44.0 Å². The van der Waals surface area contributed by atoms with E-state index >= 15 is 0 Å². The van der Waals surface area contributed by atoms with E-state index in [9.17, 15) is 19.7 Å². The van der Waals surface area contributed by atoms with Crippen LogP contribution in [0, 0.1) is 17.0 Å². The smallest absolute Gasteiger partial charge is 0.272 e. The third-order valence-corrected chi connectivity index (χ3v) is 5.92. The number of nitrogens with one attached hydrogen (secondary N) is 1. The van der Waals surface area contributed by atoms with Gasteiger partial charge in [0.15, 0.2) is 0 Å². The molecule has 9 heteroatoms. The van der Waals surface area contributed by atoms with Gasteiger partial charge in [-0.2, -0.15) is 5.10 Å². The van der Waals surface area contributed by atoms with E-state index in [4.69, 9.17) is 0 Å².